The van der Waals surface area contributed by atoms with Crippen molar-refractivity contribution in [2.24, 2.45) is 0 Å². The monoisotopic (exact) mass is 214 g/mol. The molecule has 0 spiro atoms. The van der Waals surface area contributed by atoms with E-state index in [1.807, 2.05) is 0 Å². The Morgan fingerprint density at radius 1 is 1.50 bits per heavy atom. The molecule has 2 fully saturated rings. The first-order chi connectivity index (χ1) is 6.75. The quantitative estimate of drug-likeness (QED) is 0.661. The Morgan fingerprint density at radius 3 is 2.93 bits per heavy atom. The van der Waals surface area contributed by atoms with E-state index in [2.05, 4.69) is 6.92 Å². The zero-order valence-corrected chi connectivity index (χ0v) is 9.05. The highest BCUT2D eigenvalue weighted by Crippen LogP contribution is 2.29. The summed E-state index contributed by atoms with van der Waals surface area (Å²) in [4.78, 5) is 26.6. The summed E-state index contributed by atoms with van der Waals surface area (Å²) in [6.45, 7) is 2.65. The number of imide groups is 1. The minimum absolute atomic E-state index is 0.00782. The van der Waals surface area contributed by atoms with E-state index in [-0.39, 0.29) is 18.0 Å². The first-order valence-electron chi connectivity index (χ1n) is 4.95. The highest BCUT2D eigenvalue weighted by molar-refractivity contribution is 7.99. The van der Waals surface area contributed by atoms with Gasteiger partial charge in [0.05, 0.1) is 5.88 Å². The molecule has 5 heteroatoms. The van der Waals surface area contributed by atoms with Gasteiger partial charge in [-0.15, -0.1) is 11.8 Å². The lowest BCUT2D eigenvalue weighted by Crippen LogP contribution is -2.33. The first kappa shape index (κ1) is 9.83. The number of rotatable bonds is 3. The fourth-order valence-electron chi connectivity index (χ4n) is 1.79. The molecule has 0 unspecified atom stereocenters. The van der Waals surface area contributed by atoms with Crippen molar-refractivity contribution < 1.29 is 9.59 Å². The molecule has 0 aromatic heterocycles. The summed E-state index contributed by atoms with van der Waals surface area (Å²) in [6.07, 6.45) is 1.92. The van der Waals surface area contributed by atoms with Crippen LogP contribution in [0.15, 0.2) is 0 Å². The van der Waals surface area contributed by atoms with Crippen molar-refractivity contribution in [3.05, 3.63) is 0 Å². The van der Waals surface area contributed by atoms with E-state index in [9.17, 15) is 9.59 Å². The molecule has 2 saturated heterocycles. The third kappa shape index (κ3) is 1.39. The Labute approximate surface area is 87.6 Å². The maximum Gasteiger partial charge on any atom is 0.328 e. The van der Waals surface area contributed by atoms with Crippen molar-refractivity contribution in [1.82, 2.24) is 9.80 Å². The van der Waals surface area contributed by atoms with Crippen molar-refractivity contribution in [2.75, 3.05) is 18.2 Å². The maximum absolute atomic E-state index is 11.8. The van der Waals surface area contributed by atoms with Crippen LogP contribution >= 0.6 is 11.8 Å². The summed E-state index contributed by atoms with van der Waals surface area (Å²) in [6, 6.07) is -0.247. The molecular weight excluding hydrogens is 200 g/mol. The van der Waals surface area contributed by atoms with Gasteiger partial charge in [-0.2, -0.15) is 0 Å². The number of carbonyl (C=O) groups is 2. The summed E-state index contributed by atoms with van der Waals surface area (Å²) in [7, 11) is 0. The number of nitrogens with zero attached hydrogens (tertiary/aromatic N) is 2. The molecule has 0 aromatic carbocycles. The van der Waals surface area contributed by atoms with E-state index < -0.39 is 0 Å². The molecular formula is C9H14N2O2S. The van der Waals surface area contributed by atoms with Crippen LogP contribution in [-0.2, 0) is 4.79 Å². The molecule has 0 bridgehead atoms. The van der Waals surface area contributed by atoms with Crippen LogP contribution in [-0.4, -0.2) is 46.0 Å². The Bertz CT molecular complexity index is 248. The van der Waals surface area contributed by atoms with Crippen LogP contribution in [0.4, 0.5) is 4.79 Å². The fourth-order valence-corrected chi connectivity index (χ4v) is 2.93. The minimum Gasteiger partial charge on any atom is -0.302 e. The van der Waals surface area contributed by atoms with E-state index in [1.165, 1.54) is 4.90 Å². The van der Waals surface area contributed by atoms with Gasteiger partial charge in [0, 0.05) is 12.3 Å². The summed E-state index contributed by atoms with van der Waals surface area (Å²) < 4.78 is 0. The molecule has 78 valence electrons. The molecule has 0 aliphatic carbocycles. The van der Waals surface area contributed by atoms with Gasteiger partial charge in [0.15, 0.2) is 0 Å². The van der Waals surface area contributed by atoms with Crippen LogP contribution in [0.1, 0.15) is 19.8 Å². The van der Waals surface area contributed by atoms with Gasteiger partial charge in [0.1, 0.15) is 6.04 Å². The second-order valence-electron chi connectivity index (χ2n) is 3.61. The molecule has 0 aromatic rings. The van der Waals surface area contributed by atoms with Gasteiger partial charge >= 0.3 is 6.03 Å². The van der Waals surface area contributed by atoms with E-state index in [0.29, 0.717) is 12.4 Å². The molecule has 2 aliphatic heterocycles. The number of carbonyl (C=O) groups excluding carboxylic acids is 2. The lowest BCUT2D eigenvalue weighted by atomic mass is 10.3. The molecule has 4 nitrogen and oxygen atoms in total. The predicted octanol–water partition coefficient (Wildman–Crippen LogP) is 1.12. The molecule has 2 rings (SSSR count). The first-order valence-corrected chi connectivity index (χ1v) is 6.11. The van der Waals surface area contributed by atoms with E-state index in [4.69, 9.17) is 0 Å². The molecule has 0 N–H and O–H groups in total. The molecule has 0 saturated carbocycles. The Kier molecular flexibility index (Phi) is 2.67. The van der Waals surface area contributed by atoms with Crippen molar-refractivity contribution in [2.45, 2.75) is 25.8 Å². The third-order valence-electron chi connectivity index (χ3n) is 2.65. The van der Waals surface area contributed by atoms with Crippen molar-refractivity contribution >= 4 is 23.7 Å². The lowest BCUT2D eigenvalue weighted by molar-refractivity contribution is -0.127. The number of unbranched alkanes of at least 4 members (excludes halogenated alkanes) is 1. The van der Waals surface area contributed by atoms with Crippen molar-refractivity contribution in [1.29, 1.82) is 0 Å². The standard InChI is InChI=1S/C9H14N2O2S/c1-2-3-4-10-8(12)7-5-14-6-11(7)9(10)13/h7H,2-6H2,1H3/t7-/m0/s1. The van der Waals surface area contributed by atoms with Gasteiger partial charge in [-0.3, -0.25) is 9.69 Å². The van der Waals surface area contributed by atoms with Crippen LogP contribution in [0.25, 0.3) is 0 Å². The average molecular weight is 214 g/mol. The zero-order chi connectivity index (χ0) is 10.1. The largest absolute Gasteiger partial charge is 0.328 e. The second-order valence-corrected chi connectivity index (χ2v) is 4.61. The molecule has 2 aliphatic rings. The summed E-state index contributed by atoms with van der Waals surface area (Å²) in [5, 5.41) is 0. The van der Waals surface area contributed by atoms with Gasteiger partial charge < -0.3 is 4.90 Å². The van der Waals surface area contributed by atoms with Crippen LogP contribution in [0.3, 0.4) is 0 Å². The molecule has 2 heterocycles. The smallest absolute Gasteiger partial charge is 0.302 e. The number of thioether (sulfide) groups is 1. The van der Waals surface area contributed by atoms with Gasteiger partial charge in [-0.1, -0.05) is 13.3 Å². The molecule has 1 atom stereocenters. The second kappa shape index (κ2) is 3.81. The number of hydrogen-bond donors (Lipinski definition) is 0. The Morgan fingerprint density at radius 2 is 2.29 bits per heavy atom. The van der Waals surface area contributed by atoms with Gasteiger partial charge in [-0.05, 0) is 6.42 Å². The van der Waals surface area contributed by atoms with E-state index >= 15 is 0 Å². The normalized spacial score (nSPS) is 26.2. The van der Waals surface area contributed by atoms with Gasteiger partial charge in [0.25, 0.3) is 5.91 Å². The Hall–Kier alpha value is -0.710. The van der Waals surface area contributed by atoms with Gasteiger partial charge in [-0.25, -0.2) is 4.79 Å². The summed E-state index contributed by atoms with van der Waals surface area (Å²) in [5.74, 6) is 1.46. The highest BCUT2D eigenvalue weighted by atomic mass is 32.2. The zero-order valence-electron chi connectivity index (χ0n) is 8.23. The summed E-state index contributed by atoms with van der Waals surface area (Å²) >= 11 is 1.66. The predicted molar refractivity (Wildman–Crippen MR) is 55.0 cm³/mol. The number of hydrogen-bond acceptors (Lipinski definition) is 3. The summed E-state index contributed by atoms with van der Waals surface area (Å²) in [5.41, 5.74) is 0. The Balaban J connectivity index is 2.06. The van der Waals surface area contributed by atoms with E-state index in [1.54, 1.807) is 16.7 Å². The number of amides is 3. The van der Waals surface area contributed by atoms with Crippen LogP contribution in [0.5, 0.6) is 0 Å². The average Bonchev–Trinajstić information content (AvgIpc) is 2.72. The van der Waals surface area contributed by atoms with Crippen LogP contribution < -0.4 is 0 Å². The maximum atomic E-state index is 11.8. The van der Waals surface area contributed by atoms with Crippen molar-refractivity contribution in [3.63, 3.8) is 0 Å². The third-order valence-corrected chi connectivity index (χ3v) is 3.66. The highest BCUT2D eigenvalue weighted by Gasteiger charge is 2.47. The topological polar surface area (TPSA) is 40.6 Å². The fraction of sp³-hybridized carbons (Fsp3) is 0.778. The molecule has 3 amide bonds. The molecule has 0 radical (unpaired) electrons. The van der Waals surface area contributed by atoms with Crippen LogP contribution in [0, 0.1) is 0 Å². The van der Waals surface area contributed by atoms with Crippen molar-refractivity contribution in [3.8, 4) is 0 Å². The number of fused-ring (bicyclic) bond motifs is 1. The molecule has 14 heavy (non-hydrogen) atoms. The lowest BCUT2D eigenvalue weighted by Gasteiger charge is -2.14. The SMILES string of the molecule is CCCCN1C(=O)[C@@H]2CSCN2C1=O. The van der Waals surface area contributed by atoms with Crippen LogP contribution in [0.2, 0.25) is 0 Å². The van der Waals surface area contributed by atoms with E-state index in [0.717, 1.165) is 18.6 Å². The number of urea groups is 1. The minimum atomic E-state index is -0.163. The van der Waals surface area contributed by atoms with Gasteiger partial charge in [0.2, 0.25) is 0 Å².